The predicted molar refractivity (Wildman–Crippen MR) is 67.7 cm³/mol. The zero-order chi connectivity index (χ0) is 11.9. The van der Waals surface area contributed by atoms with E-state index in [0.29, 0.717) is 6.04 Å². The number of hydrogen-bond acceptors (Lipinski definition) is 3. The van der Waals surface area contributed by atoms with Gasteiger partial charge in [0, 0.05) is 12.4 Å². The Bertz CT molecular complexity index is 411. The molecule has 0 bridgehead atoms. The zero-order valence-electron chi connectivity index (χ0n) is 10.1. The van der Waals surface area contributed by atoms with Gasteiger partial charge < -0.3 is 9.73 Å². The molecule has 0 aliphatic rings. The molecule has 17 heavy (non-hydrogen) atoms. The van der Waals surface area contributed by atoms with Crippen LogP contribution >= 0.6 is 0 Å². The average molecular weight is 230 g/mol. The molecule has 1 atom stereocenters. The summed E-state index contributed by atoms with van der Waals surface area (Å²) in [6, 6.07) is 8.38. The number of aryl methyl sites for hydroxylation is 1. The van der Waals surface area contributed by atoms with Gasteiger partial charge in [0.1, 0.15) is 5.76 Å². The second-order valence-corrected chi connectivity index (χ2v) is 4.02. The molecule has 90 valence electrons. The Kier molecular flexibility index (Phi) is 4.33. The molecule has 0 aliphatic carbocycles. The van der Waals surface area contributed by atoms with E-state index in [2.05, 4.69) is 29.4 Å². The fourth-order valence-corrected chi connectivity index (χ4v) is 1.94. The van der Waals surface area contributed by atoms with Crippen LogP contribution in [0.2, 0.25) is 0 Å². The molecule has 0 spiro atoms. The van der Waals surface area contributed by atoms with Crippen molar-refractivity contribution in [1.82, 2.24) is 10.3 Å². The predicted octanol–water partition coefficient (Wildman–Crippen LogP) is 2.96. The molecular weight excluding hydrogens is 212 g/mol. The molecule has 0 radical (unpaired) electrons. The summed E-state index contributed by atoms with van der Waals surface area (Å²) in [6.45, 7) is 3.06. The number of nitrogens with zero attached hydrogens (tertiary/aromatic N) is 1. The lowest BCUT2D eigenvalue weighted by atomic mass is 10.0. The maximum absolute atomic E-state index is 5.46. The molecule has 0 saturated carbocycles. The summed E-state index contributed by atoms with van der Waals surface area (Å²) in [4.78, 5) is 4.02. The quantitative estimate of drug-likeness (QED) is 0.829. The van der Waals surface area contributed by atoms with Crippen molar-refractivity contribution in [2.45, 2.75) is 25.8 Å². The van der Waals surface area contributed by atoms with Crippen molar-refractivity contribution in [1.29, 1.82) is 0 Å². The van der Waals surface area contributed by atoms with E-state index in [1.165, 1.54) is 5.56 Å². The van der Waals surface area contributed by atoms with Crippen LogP contribution in [0.1, 0.15) is 30.7 Å². The number of hydrogen-bond donors (Lipinski definition) is 1. The fraction of sp³-hybridized carbons (Fsp3) is 0.357. The van der Waals surface area contributed by atoms with E-state index in [1.54, 1.807) is 6.26 Å². The van der Waals surface area contributed by atoms with Gasteiger partial charge >= 0.3 is 0 Å². The SMILES string of the molecule is CCNC(CCc1ccncc1)c1ccco1. The minimum atomic E-state index is 0.295. The molecule has 0 aliphatic heterocycles. The van der Waals surface area contributed by atoms with Gasteiger partial charge in [-0.1, -0.05) is 6.92 Å². The summed E-state index contributed by atoms with van der Waals surface area (Å²) in [7, 11) is 0. The molecule has 1 N–H and O–H groups in total. The summed E-state index contributed by atoms with van der Waals surface area (Å²) < 4.78 is 5.46. The van der Waals surface area contributed by atoms with E-state index in [4.69, 9.17) is 4.42 Å². The topological polar surface area (TPSA) is 38.1 Å². The molecule has 1 unspecified atom stereocenters. The number of furan rings is 1. The van der Waals surface area contributed by atoms with Crippen molar-refractivity contribution < 1.29 is 4.42 Å². The third-order valence-corrected chi connectivity index (χ3v) is 2.81. The molecular formula is C14H18N2O. The molecule has 3 nitrogen and oxygen atoms in total. The summed E-state index contributed by atoms with van der Waals surface area (Å²) in [6.07, 6.45) is 7.47. The first-order chi connectivity index (χ1) is 8.40. The molecule has 0 fully saturated rings. The first-order valence-corrected chi connectivity index (χ1v) is 6.06. The highest BCUT2D eigenvalue weighted by Crippen LogP contribution is 2.19. The van der Waals surface area contributed by atoms with Crippen LogP contribution in [0.25, 0.3) is 0 Å². The van der Waals surface area contributed by atoms with Crippen LogP contribution < -0.4 is 5.32 Å². The van der Waals surface area contributed by atoms with Crippen LogP contribution in [0.15, 0.2) is 47.3 Å². The summed E-state index contributed by atoms with van der Waals surface area (Å²) in [5, 5.41) is 3.45. The number of pyridine rings is 1. The number of nitrogens with one attached hydrogen (secondary N) is 1. The van der Waals surface area contributed by atoms with Crippen LogP contribution in [0.4, 0.5) is 0 Å². The third kappa shape index (κ3) is 3.43. The highest BCUT2D eigenvalue weighted by atomic mass is 16.3. The van der Waals surface area contributed by atoms with Crippen molar-refractivity contribution in [2.75, 3.05) is 6.54 Å². The summed E-state index contributed by atoms with van der Waals surface area (Å²) in [5.74, 6) is 1.01. The van der Waals surface area contributed by atoms with Crippen LogP contribution in [0.3, 0.4) is 0 Å². The fourth-order valence-electron chi connectivity index (χ4n) is 1.94. The Labute approximate surface area is 102 Å². The lowest BCUT2D eigenvalue weighted by Gasteiger charge is -2.15. The standard InChI is InChI=1S/C14H18N2O/c1-2-16-13(14-4-3-11-17-14)6-5-12-7-9-15-10-8-12/h3-4,7-11,13,16H,2,5-6H2,1H3. The van der Waals surface area contributed by atoms with Gasteiger partial charge in [-0.15, -0.1) is 0 Å². The van der Waals surface area contributed by atoms with E-state index < -0.39 is 0 Å². The molecule has 3 heteroatoms. The van der Waals surface area contributed by atoms with E-state index >= 15 is 0 Å². The molecule has 0 amide bonds. The third-order valence-electron chi connectivity index (χ3n) is 2.81. The Hall–Kier alpha value is -1.61. The number of rotatable bonds is 6. The Morgan fingerprint density at radius 1 is 1.29 bits per heavy atom. The van der Waals surface area contributed by atoms with Gasteiger partial charge in [-0.3, -0.25) is 4.98 Å². The van der Waals surface area contributed by atoms with Gasteiger partial charge in [-0.2, -0.15) is 0 Å². The van der Waals surface area contributed by atoms with E-state index in [9.17, 15) is 0 Å². The Morgan fingerprint density at radius 3 is 2.76 bits per heavy atom. The van der Waals surface area contributed by atoms with Gasteiger partial charge in [0.05, 0.1) is 12.3 Å². The molecule has 0 aromatic carbocycles. The van der Waals surface area contributed by atoms with Crippen molar-refractivity contribution in [2.24, 2.45) is 0 Å². The molecule has 2 rings (SSSR count). The summed E-state index contributed by atoms with van der Waals surface area (Å²) >= 11 is 0. The van der Waals surface area contributed by atoms with E-state index in [1.807, 2.05) is 24.5 Å². The highest BCUT2D eigenvalue weighted by molar-refractivity contribution is 5.11. The minimum absolute atomic E-state index is 0.295. The maximum atomic E-state index is 5.46. The van der Waals surface area contributed by atoms with Crippen molar-refractivity contribution in [3.63, 3.8) is 0 Å². The van der Waals surface area contributed by atoms with E-state index in [-0.39, 0.29) is 0 Å². The average Bonchev–Trinajstić information content (AvgIpc) is 2.89. The van der Waals surface area contributed by atoms with Gasteiger partial charge in [-0.05, 0) is 49.2 Å². The second-order valence-electron chi connectivity index (χ2n) is 4.02. The molecule has 0 saturated heterocycles. The van der Waals surface area contributed by atoms with Crippen molar-refractivity contribution >= 4 is 0 Å². The van der Waals surface area contributed by atoms with Crippen molar-refractivity contribution in [3.8, 4) is 0 Å². The lowest BCUT2D eigenvalue weighted by Crippen LogP contribution is -2.21. The van der Waals surface area contributed by atoms with Crippen LogP contribution in [-0.4, -0.2) is 11.5 Å². The van der Waals surface area contributed by atoms with E-state index in [0.717, 1.165) is 25.1 Å². The van der Waals surface area contributed by atoms with Crippen LogP contribution in [-0.2, 0) is 6.42 Å². The first-order valence-electron chi connectivity index (χ1n) is 6.06. The van der Waals surface area contributed by atoms with Gasteiger partial charge in [0.25, 0.3) is 0 Å². The van der Waals surface area contributed by atoms with Gasteiger partial charge in [0.15, 0.2) is 0 Å². The largest absolute Gasteiger partial charge is 0.468 e. The number of aromatic nitrogens is 1. The normalized spacial score (nSPS) is 12.5. The first kappa shape index (κ1) is 11.9. The monoisotopic (exact) mass is 230 g/mol. The highest BCUT2D eigenvalue weighted by Gasteiger charge is 2.12. The van der Waals surface area contributed by atoms with Crippen molar-refractivity contribution in [3.05, 3.63) is 54.2 Å². The Morgan fingerprint density at radius 2 is 2.12 bits per heavy atom. The smallest absolute Gasteiger partial charge is 0.120 e. The zero-order valence-corrected chi connectivity index (χ0v) is 10.1. The van der Waals surface area contributed by atoms with Gasteiger partial charge in [-0.25, -0.2) is 0 Å². The molecule has 2 heterocycles. The lowest BCUT2D eigenvalue weighted by molar-refractivity contribution is 0.401. The Balaban J connectivity index is 1.95. The second kappa shape index (κ2) is 6.21. The molecule has 2 aromatic rings. The molecule has 2 aromatic heterocycles. The van der Waals surface area contributed by atoms with Crippen LogP contribution in [0, 0.1) is 0 Å². The van der Waals surface area contributed by atoms with Gasteiger partial charge in [0.2, 0.25) is 0 Å². The minimum Gasteiger partial charge on any atom is -0.468 e. The van der Waals surface area contributed by atoms with Crippen LogP contribution in [0.5, 0.6) is 0 Å². The summed E-state index contributed by atoms with van der Waals surface area (Å²) in [5.41, 5.74) is 1.31. The maximum Gasteiger partial charge on any atom is 0.120 e.